The fourth-order valence-electron chi connectivity index (χ4n) is 4.76. The lowest BCUT2D eigenvalue weighted by Gasteiger charge is -2.27. The highest BCUT2D eigenvalue weighted by molar-refractivity contribution is 6.32. The minimum atomic E-state index is -0.810. The lowest BCUT2D eigenvalue weighted by molar-refractivity contribution is -0.130. The average molecular weight is 599 g/mol. The number of barbiturate groups is 1. The molecule has 4 aromatic carbocycles. The van der Waals surface area contributed by atoms with Crippen LogP contribution in [0.5, 0.6) is 17.2 Å². The van der Waals surface area contributed by atoms with Gasteiger partial charge in [-0.25, -0.2) is 4.79 Å². The summed E-state index contributed by atoms with van der Waals surface area (Å²) in [5.74, 6) is -0.0212. The van der Waals surface area contributed by atoms with Crippen molar-refractivity contribution in [1.82, 2.24) is 10.2 Å². The van der Waals surface area contributed by atoms with Gasteiger partial charge >= 0.3 is 6.03 Å². The van der Waals surface area contributed by atoms with Gasteiger partial charge in [-0.1, -0.05) is 67.1 Å². The molecule has 0 aliphatic carbocycles. The number of amides is 4. The van der Waals surface area contributed by atoms with Crippen LogP contribution in [0, 0.1) is 0 Å². The van der Waals surface area contributed by atoms with Gasteiger partial charge in [0.15, 0.2) is 11.5 Å². The number of rotatable bonds is 11. The maximum Gasteiger partial charge on any atom is 0.331 e. The minimum absolute atomic E-state index is 0.0800. The number of carbonyl (C=O) groups excluding carboxylic acids is 3. The maximum atomic E-state index is 13.5. The van der Waals surface area contributed by atoms with Crippen molar-refractivity contribution in [2.24, 2.45) is 0 Å². The van der Waals surface area contributed by atoms with Crippen LogP contribution in [0.4, 0.5) is 4.79 Å². The number of hydrogen-bond donors (Lipinski definition) is 1. The molecular weight excluding hydrogens is 568 g/mol. The molecule has 8 nitrogen and oxygen atoms in total. The van der Waals surface area contributed by atoms with Crippen LogP contribution in [0.2, 0.25) is 5.02 Å². The van der Waals surface area contributed by atoms with Crippen molar-refractivity contribution < 1.29 is 28.6 Å². The molecule has 43 heavy (non-hydrogen) atoms. The van der Waals surface area contributed by atoms with Gasteiger partial charge in [-0.2, -0.15) is 0 Å². The second kappa shape index (κ2) is 13.4. The van der Waals surface area contributed by atoms with Crippen LogP contribution in [-0.4, -0.2) is 36.0 Å². The number of imide groups is 2. The second-order valence-corrected chi connectivity index (χ2v) is 10.3. The monoisotopic (exact) mass is 598 g/mol. The van der Waals surface area contributed by atoms with Crippen molar-refractivity contribution in [2.45, 2.75) is 33.4 Å². The molecule has 0 aromatic heterocycles. The zero-order chi connectivity index (χ0) is 30.3. The van der Waals surface area contributed by atoms with E-state index in [0.29, 0.717) is 46.6 Å². The summed E-state index contributed by atoms with van der Waals surface area (Å²) in [5, 5.41) is 4.82. The number of benzene rings is 4. The van der Waals surface area contributed by atoms with Gasteiger partial charge in [-0.15, -0.1) is 0 Å². The molecule has 0 radical (unpaired) electrons. The predicted octanol–water partition coefficient (Wildman–Crippen LogP) is 6.92. The molecule has 4 amide bonds. The molecular formula is C34H31ClN2O6. The quantitative estimate of drug-likeness (QED) is 0.149. The van der Waals surface area contributed by atoms with Crippen molar-refractivity contribution in [3.63, 3.8) is 0 Å². The van der Waals surface area contributed by atoms with Gasteiger partial charge in [0.1, 0.15) is 17.9 Å². The molecule has 1 saturated heterocycles. The van der Waals surface area contributed by atoms with E-state index in [-0.39, 0.29) is 18.7 Å². The summed E-state index contributed by atoms with van der Waals surface area (Å²) >= 11 is 6.29. The van der Waals surface area contributed by atoms with Crippen LogP contribution in [0.25, 0.3) is 16.8 Å². The van der Waals surface area contributed by atoms with E-state index in [0.717, 1.165) is 27.7 Å². The third kappa shape index (κ3) is 6.81. The SMILES string of the molecule is CCCOc1ccc(CN2C(=O)NC(=O)/C(=C\c3cc(Cl)ccc3OCc3cccc4ccccc34)C2=O)cc1OCC. The number of nitrogens with one attached hydrogen (secondary N) is 1. The third-order valence-corrected chi connectivity index (χ3v) is 7.07. The van der Waals surface area contributed by atoms with Crippen molar-refractivity contribution in [1.29, 1.82) is 0 Å². The fraction of sp³-hybridized carbons (Fsp3) is 0.206. The number of hydrogen-bond acceptors (Lipinski definition) is 6. The van der Waals surface area contributed by atoms with Gasteiger partial charge in [0.05, 0.1) is 19.8 Å². The molecule has 220 valence electrons. The zero-order valence-corrected chi connectivity index (χ0v) is 24.6. The van der Waals surface area contributed by atoms with Crippen LogP contribution < -0.4 is 19.5 Å². The van der Waals surface area contributed by atoms with Gasteiger partial charge in [-0.05, 0) is 71.7 Å². The first-order valence-electron chi connectivity index (χ1n) is 14.0. The Morgan fingerprint density at radius 2 is 1.63 bits per heavy atom. The number of halogens is 1. The predicted molar refractivity (Wildman–Crippen MR) is 165 cm³/mol. The Bertz CT molecular complexity index is 1710. The average Bonchev–Trinajstić information content (AvgIpc) is 3.00. The molecule has 0 atom stereocenters. The summed E-state index contributed by atoms with van der Waals surface area (Å²) in [6.45, 7) is 4.98. The standard InChI is InChI=1S/C34H31ClN2O6/c1-3-16-42-30-14-12-22(17-31(30)41-4-2)20-37-33(39)28(32(38)36-34(37)40)19-25-18-26(35)13-15-29(25)43-21-24-10-7-9-23-8-5-6-11-27(23)24/h5-15,17-19H,3-4,16,20-21H2,1-2H3,(H,36,38,40)/b28-19+. The van der Waals surface area contributed by atoms with Crippen molar-refractivity contribution in [3.8, 4) is 17.2 Å². The number of carbonyl (C=O) groups is 3. The summed E-state index contributed by atoms with van der Waals surface area (Å²) in [5.41, 5.74) is 1.82. The normalized spacial score (nSPS) is 14.3. The molecule has 0 unspecified atom stereocenters. The molecule has 1 heterocycles. The zero-order valence-electron chi connectivity index (χ0n) is 23.9. The third-order valence-electron chi connectivity index (χ3n) is 6.83. The van der Waals surface area contributed by atoms with Crippen LogP contribution >= 0.6 is 11.6 Å². The smallest absolute Gasteiger partial charge is 0.331 e. The number of ether oxygens (including phenoxy) is 3. The number of urea groups is 1. The van der Waals surface area contributed by atoms with Crippen LogP contribution in [0.1, 0.15) is 37.0 Å². The van der Waals surface area contributed by atoms with E-state index in [1.807, 2.05) is 56.3 Å². The minimum Gasteiger partial charge on any atom is -0.490 e. The second-order valence-electron chi connectivity index (χ2n) is 9.88. The lowest BCUT2D eigenvalue weighted by Crippen LogP contribution is -2.53. The van der Waals surface area contributed by atoms with Crippen LogP contribution in [0.3, 0.4) is 0 Å². The molecule has 1 aliphatic heterocycles. The highest BCUT2D eigenvalue weighted by Crippen LogP contribution is 2.31. The Morgan fingerprint density at radius 1 is 0.837 bits per heavy atom. The number of fused-ring (bicyclic) bond motifs is 1. The molecule has 1 N–H and O–H groups in total. The molecule has 9 heteroatoms. The van der Waals surface area contributed by atoms with Crippen LogP contribution in [-0.2, 0) is 22.7 Å². The molecule has 1 aliphatic rings. The molecule has 0 spiro atoms. The van der Waals surface area contributed by atoms with E-state index in [1.165, 1.54) is 6.08 Å². The van der Waals surface area contributed by atoms with Crippen molar-refractivity contribution in [3.05, 3.63) is 106 Å². The molecule has 5 rings (SSSR count). The van der Waals surface area contributed by atoms with E-state index in [2.05, 4.69) is 5.32 Å². The van der Waals surface area contributed by atoms with Crippen LogP contribution in [0.15, 0.2) is 84.4 Å². The first kappa shape index (κ1) is 29.7. The largest absolute Gasteiger partial charge is 0.490 e. The highest BCUT2D eigenvalue weighted by Gasteiger charge is 2.36. The Balaban J connectivity index is 1.40. The van der Waals surface area contributed by atoms with E-state index in [4.69, 9.17) is 25.8 Å². The molecule has 0 bridgehead atoms. The maximum absolute atomic E-state index is 13.5. The molecule has 0 saturated carbocycles. The first-order chi connectivity index (χ1) is 20.9. The van der Waals surface area contributed by atoms with E-state index in [9.17, 15) is 14.4 Å². The Morgan fingerprint density at radius 3 is 2.44 bits per heavy atom. The van der Waals surface area contributed by atoms with E-state index in [1.54, 1.807) is 36.4 Å². The van der Waals surface area contributed by atoms with Gasteiger partial charge in [-0.3, -0.25) is 19.8 Å². The fourth-order valence-corrected chi connectivity index (χ4v) is 4.94. The van der Waals surface area contributed by atoms with Gasteiger partial charge in [0.25, 0.3) is 11.8 Å². The highest BCUT2D eigenvalue weighted by atomic mass is 35.5. The van der Waals surface area contributed by atoms with Gasteiger partial charge in [0.2, 0.25) is 0 Å². The summed E-state index contributed by atoms with van der Waals surface area (Å²) in [6, 6.07) is 23.4. The summed E-state index contributed by atoms with van der Waals surface area (Å²) in [6.07, 6.45) is 2.23. The molecule has 4 aromatic rings. The Kier molecular flexibility index (Phi) is 9.27. The van der Waals surface area contributed by atoms with Crippen molar-refractivity contribution in [2.75, 3.05) is 13.2 Å². The van der Waals surface area contributed by atoms with Gasteiger partial charge in [0, 0.05) is 10.6 Å². The Labute approximate surface area is 254 Å². The summed E-state index contributed by atoms with van der Waals surface area (Å²) in [7, 11) is 0. The number of nitrogens with zero attached hydrogens (tertiary/aromatic N) is 1. The van der Waals surface area contributed by atoms with E-state index >= 15 is 0 Å². The summed E-state index contributed by atoms with van der Waals surface area (Å²) < 4.78 is 17.6. The Hall–Kier alpha value is -4.82. The topological polar surface area (TPSA) is 94.2 Å². The van der Waals surface area contributed by atoms with Gasteiger partial charge < -0.3 is 14.2 Å². The summed E-state index contributed by atoms with van der Waals surface area (Å²) in [4.78, 5) is 40.2. The molecule has 1 fully saturated rings. The lowest BCUT2D eigenvalue weighted by atomic mass is 10.0. The van der Waals surface area contributed by atoms with Crippen molar-refractivity contribution >= 4 is 46.3 Å². The first-order valence-corrected chi connectivity index (χ1v) is 14.4. The van der Waals surface area contributed by atoms with E-state index < -0.39 is 17.8 Å².